The fraction of sp³-hybridized carbons (Fsp3) is 0. The van der Waals surface area contributed by atoms with Crippen molar-refractivity contribution >= 4 is 141 Å². The van der Waals surface area contributed by atoms with Gasteiger partial charge in [0.25, 0.3) is 0 Å². The predicted molar refractivity (Wildman–Crippen MR) is 284 cm³/mol. The molecule has 0 N–H and O–H groups in total. The molecule has 14 aromatic rings. The minimum Gasteiger partial charge on any atom is -0.308 e. The lowest BCUT2D eigenvalue weighted by molar-refractivity contribution is 1.16. The predicted octanol–water partition coefficient (Wildman–Crippen LogP) is 17.9. The topological polar surface area (TPSA) is 16.3 Å². The molecule has 6 heteroatoms. The number of thiophene rings is 2. The molecule has 1 aliphatic heterocycles. The molecule has 4 nitrogen and oxygen atoms in total. The summed E-state index contributed by atoms with van der Waals surface area (Å²) in [6.45, 7) is 0. The average Bonchev–Trinajstić information content (AvgIpc) is 4.13. The van der Waals surface area contributed by atoms with Gasteiger partial charge in [-0.2, -0.15) is 0 Å². The van der Waals surface area contributed by atoms with Crippen LogP contribution >= 0.6 is 22.7 Å². The van der Waals surface area contributed by atoms with Gasteiger partial charge in [-0.15, -0.1) is 22.7 Å². The molecular weight excluding hydrogens is 841 g/mol. The number of benzene rings is 10. The van der Waals surface area contributed by atoms with Crippen LogP contribution in [0.4, 0.5) is 34.1 Å². The third-order valence-electron chi connectivity index (χ3n) is 13.8. The summed E-state index contributed by atoms with van der Waals surface area (Å²) >= 11 is 3.76. The van der Waals surface area contributed by atoms with Crippen LogP contribution in [-0.2, 0) is 0 Å². The molecule has 66 heavy (non-hydrogen) atoms. The summed E-state index contributed by atoms with van der Waals surface area (Å²) in [6.07, 6.45) is 0. The Morgan fingerprint density at radius 1 is 0.242 bits per heavy atom. The highest BCUT2D eigenvalue weighted by atomic mass is 32.1. The lowest BCUT2D eigenvalue weighted by Gasteiger charge is -2.40. The van der Waals surface area contributed by atoms with Crippen molar-refractivity contribution in [3.05, 3.63) is 218 Å². The van der Waals surface area contributed by atoms with Gasteiger partial charge in [0, 0.05) is 63.9 Å². The molecule has 0 amide bonds. The molecule has 4 aromatic heterocycles. The number of rotatable bonds is 4. The number of hydrogen-bond donors (Lipinski definition) is 0. The second kappa shape index (κ2) is 13.7. The first-order valence-electron chi connectivity index (χ1n) is 22.4. The third kappa shape index (κ3) is 4.97. The average molecular weight is 877 g/mol. The van der Waals surface area contributed by atoms with Gasteiger partial charge in [0.1, 0.15) is 0 Å². The zero-order chi connectivity index (χ0) is 43.0. The molecule has 5 heterocycles. The van der Waals surface area contributed by atoms with Gasteiger partial charge in [-0.25, -0.2) is 0 Å². The number of para-hydroxylation sites is 4. The van der Waals surface area contributed by atoms with Crippen molar-refractivity contribution in [3.63, 3.8) is 0 Å². The van der Waals surface area contributed by atoms with Gasteiger partial charge in [0.2, 0.25) is 0 Å². The Hall–Kier alpha value is -8.16. The Balaban J connectivity index is 1.07. The summed E-state index contributed by atoms with van der Waals surface area (Å²) < 4.78 is 10.2. The highest BCUT2D eigenvalue weighted by Gasteiger charge is 2.34. The molecule has 1 aliphatic rings. The van der Waals surface area contributed by atoms with Gasteiger partial charge in [0.05, 0.1) is 65.6 Å². The van der Waals surface area contributed by atoms with E-state index in [4.69, 9.17) is 0 Å². The summed E-state index contributed by atoms with van der Waals surface area (Å²) in [5.41, 5.74) is 13.8. The number of aromatic nitrogens is 2. The van der Waals surface area contributed by atoms with E-state index in [9.17, 15) is 0 Å². The Morgan fingerprint density at radius 2 is 0.606 bits per heavy atom. The number of fused-ring (bicyclic) bond motifs is 14. The van der Waals surface area contributed by atoms with Crippen molar-refractivity contribution in [2.24, 2.45) is 0 Å². The molecule has 308 valence electrons. The smallest absolute Gasteiger partial charge is 0.0724 e. The molecule has 0 aliphatic carbocycles. The molecule has 0 spiro atoms. The monoisotopic (exact) mass is 876 g/mol. The Bertz CT molecular complexity index is 4030. The lowest BCUT2D eigenvalue weighted by Crippen LogP contribution is -2.24. The molecule has 0 radical (unpaired) electrons. The maximum atomic E-state index is 2.51. The van der Waals surface area contributed by atoms with E-state index in [2.05, 4.69) is 237 Å². The zero-order valence-electron chi connectivity index (χ0n) is 35.4. The van der Waals surface area contributed by atoms with Crippen LogP contribution in [0, 0.1) is 0 Å². The van der Waals surface area contributed by atoms with Crippen LogP contribution in [0.15, 0.2) is 218 Å². The van der Waals surface area contributed by atoms with Gasteiger partial charge in [-0.3, -0.25) is 0 Å². The van der Waals surface area contributed by atoms with Gasteiger partial charge >= 0.3 is 0 Å². The van der Waals surface area contributed by atoms with Crippen molar-refractivity contribution in [2.45, 2.75) is 0 Å². The van der Waals surface area contributed by atoms with Crippen LogP contribution in [0.25, 0.3) is 95.3 Å². The largest absolute Gasteiger partial charge is 0.308 e. The molecule has 0 unspecified atom stereocenters. The summed E-state index contributed by atoms with van der Waals surface area (Å²) in [7, 11) is 0. The third-order valence-corrected chi connectivity index (χ3v) is 16.2. The summed E-state index contributed by atoms with van der Waals surface area (Å²) in [5.74, 6) is 0. The first-order chi connectivity index (χ1) is 32.8. The highest BCUT2D eigenvalue weighted by Crippen LogP contribution is 2.58. The van der Waals surface area contributed by atoms with E-state index in [0.717, 1.165) is 34.1 Å². The van der Waals surface area contributed by atoms with Gasteiger partial charge in [-0.05, 0) is 84.9 Å². The van der Waals surface area contributed by atoms with Gasteiger partial charge < -0.3 is 18.9 Å². The Labute approximate surface area is 387 Å². The molecule has 0 fully saturated rings. The molecular formula is C60H36N4S2. The Kier molecular flexibility index (Phi) is 7.50. The lowest BCUT2D eigenvalue weighted by atomic mass is 10.0. The van der Waals surface area contributed by atoms with Gasteiger partial charge in [-0.1, -0.05) is 133 Å². The van der Waals surface area contributed by atoms with E-state index in [-0.39, 0.29) is 0 Å². The fourth-order valence-corrected chi connectivity index (χ4v) is 13.4. The molecule has 0 atom stereocenters. The van der Waals surface area contributed by atoms with Crippen LogP contribution in [0.5, 0.6) is 0 Å². The number of nitrogens with zero attached hydrogens (tertiary/aromatic N) is 4. The molecule has 0 saturated carbocycles. The SMILES string of the molecule is c1ccc(N2c3cc4c5ccccc5n(-c5cccc6c5sc5ccccc56)c4cc3N(c3ccccc3)c3cc4c5ccccc5n(-c5cccc6c5sc5ccccc56)c4cc32)cc1. The maximum Gasteiger partial charge on any atom is 0.0724 e. The second-order valence-corrected chi connectivity index (χ2v) is 19.4. The van der Waals surface area contributed by atoms with Crippen LogP contribution in [-0.4, -0.2) is 9.13 Å². The van der Waals surface area contributed by atoms with Crippen LogP contribution < -0.4 is 9.80 Å². The van der Waals surface area contributed by atoms with Crippen LogP contribution in [0.1, 0.15) is 0 Å². The van der Waals surface area contributed by atoms with Crippen molar-refractivity contribution in [1.82, 2.24) is 9.13 Å². The van der Waals surface area contributed by atoms with Crippen molar-refractivity contribution in [3.8, 4) is 11.4 Å². The minimum atomic E-state index is 1.11. The van der Waals surface area contributed by atoms with Crippen molar-refractivity contribution < 1.29 is 0 Å². The van der Waals surface area contributed by atoms with E-state index in [1.54, 1.807) is 0 Å². The van der Waals surface area contributed by atoms with Crippen LogP contribution in [0.3, 0.4) is 0 Å². The zero-order valence-corrected chi connectivity index (χ0v) is 37.0. The summed E-state index contributed by atoms with van der Waals surface area (Å²) in [5, 5.41) is 10.1. The molecule has 0 bridgehead atoms. The van der Waals surface area contributed by atoms with Crippen molar-refractivity contribution in [1.29, 1.82) is 0 Å². The molecule has 10 aromatic carbocycles. The minimum absolute atomic E-state index is 1.11. The standard InChI is InChI=1S/C60H36N4S2/c1-3-17-37(18-4-1)61-53-33-45-39-21-7-11-27-47(39)64(50-30-16-26-44-42-24-10-14-32-58(42)66-60(44)50)52(45)36-56(53)62(38-19-5-2-6-20-38)54-34-46-40-22-8-12-28-48(40)63(51(46)35-55(54)61)49-29-15-25-43-41-23-9-13-31-57(41)65-59(43)49/h1-36H. The highest BCUT2D eigenvalue weighted by molar-refractivity contribution is 7.26. The summed E-state index contributed by atoms with van der Waals surface area (Å²) in [6, 6.07) is 80.8. The van der Waals surface area contributed by atoms with E-state index in [1.165, 1.54) is 95.3 Å². The Morgan fingerprint density at radius 3 is 1.06 bits per heavy atom. The first-order valence-corrected chi connectivity index (χ1v) is 24.1. The molecule has 0 saturated heterocycles. The quantitative estimate of drug-likeness (QED) is 0.175. The van der Waals surface area contributed by atoms with Crippen molar-refractivity contribution in [2.75, 3.05) is 9.80 Å². The van der Waals surface area contributed by atoms with E-state index in [1.807, 2.05) is 22.7 Å². The normalized spacial score (nSPS) is 12.8. The molecule has 15 rings (SSSR count). The van der Waals surface area contributed by atoms with E-state index < -0.39 is 0 Å². The van der Waals surface area contributed by atoms with E-state index >= 15 is 0 Å². The maximum absolute atomic E-state index is 2.51. The van der Waals surface area contributed by atoms with Crippen LogP contribution in [0.2, 0.25) is 0 Å². The first kappa shape index (κ1) is 36.2. The summed E-state index contributed by atoms with van der Waals surface area (Å²) in [4.78, 5) is 5.01. The number of anilines is 6. The second-order valence-electron chi connectivity index (χ2n) is 17.3. The van der Waals surface area contributed by atoms with E-state index in [0.29, 0.717) is 0 Å². The van der Waals surface area contributed by atoms with Gasteiger partial charge in [0.15, 0.2) is 0 Å². The number of hydrogen-bond acceptors (Lipinski definition) is 4. The fourth-order valence-electron chi connectivity index (χ4n) is 11.0.